The fraction of sp³-hybridized carbons (Fsp3) is 0.467. The molecule has 5 heterocycles. The summed E-state index contributed by atoms with van der Waals surface area (Å²) >= 11 is 1.15. The summed E-state index contributed by atoms with van der Waals surface area (Å²) in [5.74, 6) is -5.53. The van der Waals surface area contributed by atoms with E-state index >= 15 is 0 Å². The molecule has 20 heteroatoms. The number of hydrogen-bond acceptors (Lipinski definition) is 15. The molecule has 6 rings (SSSR count). The number of rotatable bonds is 10. The van der Waals surface area contributed by atoms with Gasteiger partial charge in [0.1, 0.15) is 41.1 Å². The molecule has 0 bridgehead atoms. The van der Waals surface area contributed by atoms with Gasteiger partial charge in [-0.3, -0.25) is 9.59 Å². The van der Waals surface area contributed by atoms with Gasteiger partial charge in [-0.1, -0.05) is 10.4 Å². The molecule has 50 heavy (non-hydrogen) atoms. The van der Waals surface area contributed by atoms with E-state index in [0.717, 1.165) is 23.9 Å². The zero-order valence-electron chi connectivity index (χ0n) is 26.7. The molecule has 0 radical (unpaired) electrons. The van der Waals surface area contributed by atoms with Gasteiger partial charge in [0.2, 0.25) is 0 Å². The molecular formula is C30H31F3N8O8S. The van der Waals surface area contributed by atoms with E-state index in [9.17, 15) is 27.9 Å². The van der Waals surface area contributed by atoms with Gasteiger partial charge in [-0.2, -0.15) is 0 Å². The van der Waals surface area contributed by atoms with E-state index in [-0.39, 0.29) is 30.9 Å². The molecule has 3 aromatic heterocycles. The van der Waals surface area contributed by atoms with Crippen LogP contribution >= 0.6 is 11.8 Å². The van der Waals surface area contributed by atoms with Crippen molar-refractivity contribution in [2.75, 3.05) is 27.4 Å². The number of ether oxygens (including phenoxy) is 5. The third kappa shape index (κ3) is 7.33. The van der Waals surface area contributed by atoms with Crippen molar-refractivity contribution in [1.82, 2.24) is 40.0 Å². The lowest BCUT2D eigenvalue weighted by Crippen LogP contribution is -2.57. The second-order valence-electron chi connectivity index (χ2n) is 11.4. The number of carbonyl (C=O) groups is 2. The van der Waals surface area contributed by atoms with Gasteiger partial charge in [0.25, 0.3) is 0 Å². The quantitative estimate of drug-likeness (QED) is 0.185. The van der Waals surface area contributed by atoms with Gasteiger partial charge in [0.05, 0.1) is 50.5 Å². The lowest BCUT2D eigenvalue weighted by Gasteiger charge is -2.46. The number of methoxy groups -OCH3 is 2. The number of halogens is 3. The molecule has 2 aliphatic rings. The fourth-order valence-corrected chi connectivity index (χ4v) is 7.31. The summed E-state index contributed by atoms with van der Waals surface area (Å²) in [5, 5.41) is 27.4. The first-order chi connectivity index (χ1) is 24.1. The van der Waals surface area contributed by atoms with Crippen LogP contribution < -0.4 is 0 Å². The average molecular weight is 721 g/mol. The fourth-order valence-electron chi connectivity index (χ4n) is 5.81. The van der Waals surface area contributed by atoms with Crippen LogP contribution in [0.4, 0.5) is 13.2 Å². The molecule has 0 unspecified atom stereocenters. The summed E-state index contributed by atoms with van der Waals surface area (Å²) in [6.45, 7) is 1.38. The summed E-state index contributed by atoms with van der Waals surface area (Å²) in [7, 11) is 2.56. The molecule has 266 valence electrons. The summed E-state index contributed by atoms with van der Waals surface area (Å²) in [5.41, 5.74) is -0.707. The predicted octanol–water partition coefficient (Wildman–Crippen LogP) is 1.92. The molecule has 16 nitrogen and oxygen atoms in total. The third-order valence-corrected chi connectivity index (χ3v) is 9.59. The molecule has 2 aliphatic heterocycles. The molecule has 2 fully saturated rings. The highest BCUT2D eigenvalue weighted by Gasteiger charge is 2.52. The second kappa shape index (κ2) is 15.2. The van der Waals surface area contributed by atoms with Crippen LogP contribution in [0.2, 0.25) is 0 Å². The van der Waals surface area contributed by atoms with E-state index < -0.39 is 76.6 Å². The van der Waals surface area contributed by atoms with E-state index in [1.54, 1.807) is 24.7 Å². The maximum absolute atomic E-state index is 14.1. The van der Waals surface area contributed by atoms with E-state index in [4.69, 9.17) is 23.7 Å². The van der Waals surface area contributed by atoms with E-state index in [1.807, 2.05) is 0 Å². The lowest BCUT2D eigenvalue weighted by molar-refractivity contribution is -0.203. The molecule has 1 N–H and O–H groups in total. The van der Waals surface area contributed by atoms with Gasteiger partial charge < -0.3 is 28.8 Å². The Morgan fingerprint density at radius 1 is 1.00 bits per heavy atom. The Labute approximate surface area is 286 Å². The molecule has 0 spiro atoms. The van der Waals surface area contributed by atoms with Crippen LogP contribution in [0.25, 0.3) is 22.8 Å². The standard InChI is InChI=1S/C30H31F3N8O8S/c1-14(42)48-27-21(9-23(43)45-2)49-30(28(46-3)25(27)41-10-18(36-39-41)15-7-16(31)24(33)17(32)8-15)50-22-13-47-12-20(26(22)44)40-11-19(37-38-40)29-34-5-4-6-35-29/h4-8,10-11,20-22,25-28,30,44H,9,12-13H2,1-3H3/t20-,21+,22+,25-,26+,27-,28+,30-/m0/s1. The number of thioether (sulfide) groups is 1. The summed E-state index contributed by atoms with van der Waals surface area (Å²) in [4.78, 5) is 33.2. The normalized spacial score (nSPS) is 26.8. The van der Waals surface area contributed by atoms with E-state index in [2.05, 4.69) is 30.6 Å². The Kier molecular flexibility index (Phi) is 10.7. The Balaban J connectivity index is 1.31. The van der Waals surface area contributed by atoms with Gasteiger partial charge in [-0.15, -0.1) is 22.0 Å². The maximum Gasteiger partial charge on any atom is 0.308 e. The first-order valence-electron chi connectivity index (χ1n) is 15.2. The van der Waals surface area contributed by atoms with Crippen molar-refractivity contribution in [1.29, 1.82) is 0 Å². The van der Waals surface area contributed by atoms with Gasteiger partial charge in [-0.25, -0.2) is 32.5 Å². The van der Waals surface area contributed by atoms with Crippen molar-refractivity contribution in [2.24, 2.45) is 0 Å². The van der Waals surface area contributed by atoms with Crippen LogP contribution in [0.15, 0.2) is 43.0 Å². The molecule has 2 saturated heterocycles. The number of hydrogen-bond donors (Lipinski definition) is 1. The number of benzene rings is 1. The number of aliphatic hydroxyl groups excluding tert-OH is 1. The summed E-state index contributed by atoms with van der Waals surface area (Å²) < 4.78 is 73.2. The van der Waals surface area contributed by atoms with Crippen molar-refractivity contribution in [3.8, 4) is 22.8 Å². The number of carbonyl (C=O) groups excluding carboxylic acids is 2. The molecular weight excluding hydrogens is 689 g/mol. The van der Waals surface area contributed by atoms with Gasteiger partial charge in [0.15, 0.2) is 29.4 Å². The molecule has 0 saturated carbocycles. The number of esters is 2. The number of aromatic nitrogens is 8. The van der Waals surface area contributed by atoms with Crippen LogP contribution in [0.3, 0.4) is 0 Å². The Morgan fingerprint density at radius 2 is 1.68 bits per heavy atom. The Bertz CT molecular complexity index is 1800. The minimum absolute atomic E-state index is 0.0357. The summed E-state index contributed by atoms with van der Waals surface area (Å²) in [6.07, 6.45) is 1.33. The van der Waals surface area contributed by atoms with Crippen LogP contribution in [-0.4, -0.2) is 120 Å². The van der Waals surface area contributed by atoms with Crippen LogP contribution in [0.1, 0.15) is 25.4 Å². The van der Waals surface area contributed by atoms with Crippen molar-refractivity contribution in [3.63, 3.8) is 0 Å². The zero-order chi connectivity index (χ0) is 35.5. The average Bonchev–Trinajstić information content (AvgIpc) is 3.80. The first-order valence-corrected chi connectivity index (χ1v) is 16.1. The highest BCUT2D eigenvalue weighted by Crippen LogP contribution is 2.43. The van der Waals surface area contributed by atoms with Crippen LogP contribution in [0.5, 0.6) is 0 Å². The minimum Gasteiger partial charge on any atom is -0.469 e. The highest BCUT2D eigenvalue weighted by molar-refractivity contribution is 8.00. The lowest BCUT2D eigenvalue weighted by atomic mass is 9.94. The van der Waals surface area contributed by atoms with E-state index in [0.29, 0.717) is 11.5 Å². The van der Waals surface area contributed by atoms with Crippen molar-refractivity contribution in [3.05, 3.63) is 60.4 Å². The molecule has 1 aromatic carbocycles. The van der Waals surface area contributed by atoms with Crippen molar-refractivity contribution < 1.29 is 51.6 Å². The van der Waals surface area contributed by atoms with Crippen molar-refractivity contribution in [2.45, 2.75) is 60.5 Å². The van der Waals surface area contributed by atoms with Crippen LogP contribution in [0, 0.1) is 17.5 Å². The van der Waals surface area contributed by atoms with Gasteiger partial charge in [0, 0.05) is 32.0 Å². The number of aliphatic hydroxyl groups is 1. The second-order valence-corrected chi connectivity index (χ2v) is 12.7. The molecule has 4 aromatic rings. The number of nitrogens with zero attached hydrogens (tertiary/aromatic N) is 8. The molecule has 0 amide bonds. The summed E-state index contributed by atoms with van der Waals surface area (Å²) in [6, 6.07) is 1.49. The van der Waals surface area contributed by atoms with Gasteiger partial charge >= 0.3 is 11.9 Å². The topological polar surface area (TPSA) is 188 Å². The predicted molar refractivity (Wildman–Crippen MR) is 164 cm³/mol. The minimum atomic E-state index is -1.64. The third-order valence-electron chi connectivity index (χ3n) is 8.18. The first kappa shape index (κ1) is 35.3. The maximum atomic E-state index is 14.1. The molecule has 8 atom stereocenters. The largest absolute Gasteiger partial charge is 0.469 e. The monoisotopic (exact) mass is 720 g/mol. The van der Waals surface area contributed by atoms with E-state index in [1.165, 1.54) is 36.7 Å². The Morgan fingerprint density at radius 3 is 2.36 bits per heavy atom. The smallest absolute Gasteiger partial charge is 0.308 e. The van der Waals surface area contributed by atoms with Crippen LogP contribution in [-0.2, 0) is 33.3 Å². The highest BCUT2D eigenvalue weighted by atomic mass is 32.2. The zero-order valence-corrected chi connectivity index (χ0v) is 27.5. The Hall–Kier alpha value is -4.50. The van der Waals surface area contributed by atoms with Gasteiger partial charge in [-0.05, 0) is 18.2 Å². The molecule has 0 aliphatic carbocycles. The van der Waals surface area contributed by atoms with Crippen molar-refractivity contribution >= 4 is 23.7 Å². The SMILES string of the molecule is COC(=O)C[C@H]1O[C@@H](S[C@@H]2COC[C@H](n3cc(-c4ncccn4)nn3)[C@H]2O)[C@H](OC)[C@@H](n2cc(-c3cc(F)c(F)c(F)c3)nn2)[C@H]1OC(C)=O.